The van der Waals surface area contributed by atoms with Gasteiger partial charge in [-0.15, -0.1) is 11.8 Å². The van der Waals surface area contributed by atoms with Crippen LogP contribution in [0.15, 0.2) is 42.5 Å². The summed E-state index contributed by atoms with van der Waals surface area (Å²) in [5.41, 5.74) is 0.693. The SMILES string of the molecule is CC#CCCNC(=O)c1ccc2ccccc2c1. The highest BCUT2D eigenvalue weighted by Gasteiger charge is 2.04. The van der Waals surface area contributed by atoms with E-state index in [1.807, 2.05) is 42.5 Å². The number of benzene rings is 2. The van der Waals surface area contributed by atoms with Crippen molar-refractivity contribution in [3.8, 4) is 11.8 Å². The third-order valence-electron chi connectivity index (χ3n) is 2.72. The number of hydrogen-bond acceptors (Lipinski definition) is 1. The van der Waals surface area contributed by atoms with Crippen molar-refractivity contribution in [2.24, 2.45) is 0 Å². The maximum atomic E-state index is 11.9. The van der Waals surface area contributed by atoms with Crippen LogP contribution in [0.3, 0.4) is 0 Å². The molecule has 2 aromatic carbocycles. The van der Waals surface area contributed by atoms with E-state index in [-0.39, 0.29) is 5.91 Å². The first-order valence-corrected chi connectivity index (χ1v) is 5.98. The molecule has 0 heterocycles. The highest BCUT2D eigenvalue weighted by molar-refractivity contribution is 5.98. The van der Waals surface area contributed by atoms with Crippen molar-refractivity contribution in [2.45, 2.75) is 13.3 Å². The number of fused-ring (bicyclic) bond motifs is 1. The Labute approximate surface area is 107 Å². The van der Waals surface area contributed by atoms with Crippen LogP contribution in [0.25, 0.3) is 10.8 Å². The number of rotatable bonds is 3. The Bertz CT molecular complexity index is 620. The molecular formula is C16H15NO. The lowest BCUT2D eigenvalue weighted by Crippen LogP contribution is -2.24. The summed E-state index contributed by atoms with van der Waals surface area (Å²) in [4.78, 5) is 11.9. The van der Waals surface area contributed by atoms with E-state index in [4.69, 9.17) is 0 Å². The Kier molecular flexibility index (Phi) is 3.98. The van der Waals surface area contributed by atoms with Gasteiger partial charge in [-0.25, -0.2) is 0 Å². The molecule has 2 aromatic rings. The molecule has 0 aliphatic carbocycles. The molecule has 1 amide bonds. The van der Waals surface area contributed by atoms with Crippen molar-refractivity contribution in [3.63, 3.8) is 0 Å². The summed E-state index contributed by atoms with van der Waals surface area (Å²) in [6.45, 7) is 2.39. The molecule has 1 N–H and O–H groups in total. The second-order valence-corrected chi connectivity index (χ2v) is 3.99. The van der Waals surface area contributed by atoms with E-state index in [2.05, 4.69) is 17.2 Å². The lowest BCUT2D eigenvalue weighted by Gasteiger charge is -2.04. The number of hydrogen-bond donors (Lipinski definition) is 1. The fraction of sp³-hybridized carbons (Fsp3) is 0.188. The summed E-state index contributed by atoms with van der Waals surface area (Å²) in [7, 11) is 0. The van der Waals surface area contributed by atoms with Crippen molar-refractivity contribution in [3.05, 3.63) is 48.0 Å². The molecule has 0 unspecified atom stereocenters. The molecule has 0 saturated carbocycles. The van der Waals surface area contributed by atoms with E-state index in [1.54, 1.807) is 6.92 Å². The van der Waals surface area contributed by atoms with E-state index < -0.39 is 0 Å². The molecule has 0 aliphatic heterocycles. The molecule has 0 bridgehead atoms. The summed E-state index contributed by atoms with van der Waals surface area (Å²) in [5.74, 6) is 5.68. The molecule has 0 atom stereocenters. The van der Waals surface area contributed by atoms with E-state index >= 15 is 0 Å². The van der Waals surface area contributed by atoms with Gasteiger partial charge in [0, 0.05) is 18.5 Å². The van der Waals surface area contributed by atoms with E-state index in [0.717, 1.165) is 10.8 Å². The molecule has 0 aliphatic rings. The van der Waals surface area contributed by atoms with Crippen molar-refractivity contribution >= 4 is 16.7 Å². The quantitative estimate of drug-likeness (QED) is 0.645. The van der Waals surface area contributed by atoms with Crippen LogP contribution in [-0.4, -0.2) is 12.5 Å². The molecule has 0 radical (unpaired) electrons. The van der Waals surface area contributed by atoms with Gasteiger partial charge in [0.15, 0.2) is 0 Å². The molecule has 90 valence electrons. The molecule has 0 aromatic heterocycles. The second-order valence-electron chi connectivity index (χ2n) is 3.99. The van der Waals surface area contributed by atoms with Crippen LogP contribution in [0, 0.1) is 11.8 Å². The largest absolute Gasteiger partial charge is 0.351 e. The predicted molar refractivity (Wildman–Crippen MR) is 74.3 cm³/mol. The zero-order valence-corrected chi connectivity index (χ0v) is 10.4. The average molecular weight is 237 g/mol. The Morgan fingerprint density at radius 3 is 2.72 bits per heavy atom. The summed E-state index contributed by atoms with van der Waals surface area (Å²) in [5, 5.41) is 5.08. The van der Waals surface area contributed by atoms with E-state index in [9.17, 15) is 4.79 Å². The van der Waals surface area contributed by atoms with Crippen molar-refractivity contribution < 1.29 is 4.79 Å². The number of carbonyl (C=O) groups is 1. The van der Waals surface area contributed by atoms with E-state index in [1.165, 1.54) is 0 Å². The first kappa shape index (κ1) is 12.2. The van der Waals surface area contributed by atoms with Crippen LogP contribution in [0.1, 0.15) is 23.7 Å². The summed E-state index contributed by atoms with van der Waals surface area (Å²) in [6, 6.07) is 13.7. The first-order valence-electron chi connectivity index (χ1n) is 5.98. The van der Waals surface area contributed by atoms with Crippen LogP contribution in [0.4, 0.5) is 0 Å². The molecule has 0 fully saturated rings. The minimum atomic E-state index is -0.0429. The van der Waals surface area contributed by atoms with Gasteiger partial charge in [-0.3, -0.25) is 4.79 Å². The molecule has 2 heteroatoms. The lowest BCUT2D eigenvalue weighted by atomic mass is 10.1. The first-order chi connectivity index (χ1) is 8.81. The summed E-state index contributed by atoms with van der Waals surface area (Å²) >= 11 is 0. The van der Waals surface area contributed by atoms with Gasteiger partial charge in [-0.2, -0.15) is 0 Å². The van der Waals surface area contributed by atoms with Crippen LogP contribution in [0.5, 0.6) is 0 Å². The zero-order valence-electron chi connectivity index (χ0n) is 10.4. The van der Waals surface area contributed by atoms with Gasteiger partial charge in [-0.1, -0.05) is 30.3 Å². The van der Waals surface area contributed by atoms with Crippen molar-refractivity contribution in [2.75, 3.05) is 6.54 Å². The van der Waals surface area contributed by atoms with Gasteiger partial charge in [0.25, 0.3) is 5.91 Å². The summed E-state index contributed by atoms with van der Waals surface area (Å²) < 4.78 is 0. The Morgan fingerprint density at radius 1 is 1.17 bits per heavy atom. The van der Waals surface area contributed by atoms with Crippen LogP contribution in [-0.2, 0) is 0 Å². The van der Waals surface area contributed by atoms with Gasteiger partial charge < -0.3 is 5.32 Å². The molecular weight excluding hydrogens is 222 g/mol. The molecule has 2 nitrogen and oxygen atoms in total. The maximum Gasteiger partial charge on any atom is 0.251 e. The third-order valence-corrected chi connectivity index (χ3v) is 2.72. The fourth-order valence-electron chi connectivity index (χ4n) is 1.80. The van der Waals surface area contributed by atoms with E-state index in [0.29, 0.717) is 18.5 Å². The maximum absolute atomic E-state index is 11.9. The average Bonchev–Trinajstić information content (AvgIpc) is 2.43. The molecule has 18 heavy (non-hydrogen) atoms. The normalized spacial score (nSPS) is 9.61. The highest BCUT2D eigenvalue weighted by Crippen LogP contribution is 2.15. The summed E-state index contributed by atoms with van der Waals surface area (Å²) in [6.07, 6.45) is 0.690. The smallest absolute Gasteiger partial charge is 0.251 e. The monoisotopic (exact) mass is 237 g/mol. The molecule has 0 saturated heterocycles. The Hall–Kier alpha value is -2.27. The minimum Gasteiger partial charge on any atom is -0.351 e. The highest BCUT2D eigenvalue weighted by atomic mass is 16.1. The minimum absolute atomic E-state index is 0.0429. The van der Waals surface area contributed by atoms with Gasteiger partial charge in [-0.05, 0) is 29.8 Å². The molecule has 2 rings (SSSR count). The van der Waals surface area contributed by atoms with Crippen molar-refractivity contribution in [1.29, 1.82) is 0 Å². The Balaban J connectivity index is 2.09. The third kappa shape index (κ3) is 2.89. The van der Waals surface area contributed by atoms with Crippen molar-refractivity contribution in [1.82, 2.24) is 5.32 Å². The van der Waals surface area contributed by atoms with Crippen LogP contribution < -0.4 is 5.32 Å². The standard InChI is InChI=1S/C16H15NO/c1-2-3-6-11-17-16(18)15-10-9-13-7-4-5-8-14(13)12-15/h4-5,7-10,12H,6,11H2,1H3,(H,17,18). The fourth-order valence-corrected chi connectivity index (χ4v) is 1.80. The van der Waals surface area contributed by atoms with Crippen LogP contribution in [0.2, 0.25) is 0 Å². The van der Waals surface area contributed by atoms with Gasteiger partial charge in [0.05, 0.1) is 0 Å². The number of amides is 1. The second kappa shape index (κ2) is 5.88. The van der Waals surface area contributed by atoms with Crippen LogP contribution >= 0.6 is 0 Å². The van der Waals surface area contributed by atoms with Gasteiger partial charge in [0.1, 0.15) is 0 Å². The number of carbonyl (C=O) groups excluding carboxylic acids is 1. The topological polar surface area (TPSA) is 29.1 Å². The van der Waals surface area contributed by atoms with Gasteiger partial charge in [0.2, 0.25) is 0 Å². The van der Waals surface area contributed by atoms with Gasteiger partial charge >= 0.3 is 0 Å². The molecule has 0 spiro atoms. The predicted octanol–water partition coefficient (Wildman–Crippen LogP) is 2.98. The lowest BCUT2D eigenvalue weighted by molar-refractivity contribution is 0.0954. The Morgan fingerprint density at radius 2 is 1.94 bits per heavy atom. The zero-order chi connectivity index (χ0) is 12.8. The number of nitrogens with one attached hydrogen (secondary N) is 1.